The highest BCUT2D eigenvalue weighted by molar-refractivity contribution is 5.89. The molecule has 0 bridgehead atoms. The summed E-state index contributed by atoms with van der Waals surface area (Å²) in [6.45, 7) is 5.87. The third kappa shape index (κ3) is 2.66. The van der Waals surface area contributed by atoms with Crippen LogP contribution in [0.25, 0.3) is 0 Å². The van der Waals surface area contributed by atoms with E-state index < -0.39 is 5.97 Å². The number of anilines is 1. The van der Waals surface area contributed by atoms with Gasteiger partial charge in [0.1, 0.15) is 11.5 Å². The number of ether oxygens (including phenoxy) is 1. The van der Waals surface area contributed by atoms with Crippen molar-refractivity contribution in [1.82, 2.24) is 19.3 Å². The number of aromatic nitrogens is 4. The molecule has 0 unspecified atom stereocenters. The fourth-order valence-corrected chi connectivity index (χ4v) is 1.87. The van der Waals surface area contributed by atoms with E-state index in [1.807, 2.05) is 27.8 Å². The minimum absolute atomic E-state index is 0.0827. The first-order valence-corrected chi connectivity index (χ1v) is 6.39. The molecular formula is C13H19N5O2. The zero-order chi connectivity index (χ0) is 14.9. The molecule has 2 aromatic rings. The van der Waals surface area contributed by atoms with Crippen molar-refractivity contribution in [2.75, 3.05) is 5.73 Å². The summed E-state index contributed by atoms with van der Waals surface area (Å²) in [5.74, 6) is 0.952. The van der Waals surface area contributed by atoms with Crippen LogP contribution in [0, 0.1) is 6.92 Å². The maximum atomic E-state index is 12.1. The number of rotatable bonds is 4. The van der Waals surface area contributed by atoms with Crippen molar-refractivity contribution in [3.63, 3.8) is 0 Å². The van der Waals surface area contributed by atoms with Crippen molar-refractivity contribution in [1.29, 1.82) is 0 Å². The Kier molecular flexibility index (Phi) is 3.78. The highest BCUT2D eigenvalue weighted by Crippen LogP contribution is 2.17. The molecule has 0 radical (unpaired) electrons. The van der Waals surface area contributed by atoms with E-state index in [4.69, 9.17) is 10.5 Å². The molecule has 2 N–H and O–H groups in total. The van der Waals surface area contributed by atoms with Crippen LogP contribution in [0.3, 0.4) is 0 Å². The van der Waals surface area contributed by atoms with Crippen molar-refractivity contribution in [3.05, 3.63) is 29.6 Å². The van der Waals surface area contributed by atoms with Gasteiger partial charge in [-0.1, -0.05) is 0 Å². The summed E-state index contributed by atoms with van der Waals surface area (Å²) < 4.78 is 8.85. The molecule has 0 atom stereocenters. The van der Waals surface area contributed by atoms with Gasteiger partial charge in [0.05, 0.1) is 5.69 Å². The Balaban J connectivity index is 2.11. The van der Waals surface area contributed by atoms with Crippen LogP contribution in [0.5, 0.6) is 0 Å². The third-order valence-corrected chi connectivity index (χ3v) is 3.15. The Labute approximate surface area is 117 Å². The van der Waals surface area contributed by atoms with E-state index in [1.165, 1.54) is 0 Å². The number of nitrogens with zero attached hydrogens (tertiary/aromatic N) is 4. The molecular weight excluding hydrogens is 258 g/mol. The zero-order valence-electron chi connectivity index (χ0n) is 12.1. The molecule has 0 saturated heterocycles. The van der Waals surface area contributed by atoms with Gasteiger partial charge in [0, 0.05) is 19.3 Å². The van der Waals surface area contributed by atoms with Crippen LogP contribution in [-0.4, -0.2) is 25.3 Å². The summed E-state index contributed by atoms with van der Waals surface area (Å²) in [6.07, 6.45) is 1.73. The lowest BCUT2D eigenvalue weighted by atomic mass is 10.3. The van der Waals surface area contributed by atoms with Crippen LogP contribution in [0.2, 0.25) is 0 Å². The van der Waals surface area contributed by atoms with E-state index in [1.54, 1.807) is 21.4 Å². The van der Waals surface area contributed by atoms with Crippen LogP contribution >= 0.6 is 0 Å². The van der Waals surface area contributed by atoms with Crippen molar-refractivity contribution in [2.45, 2.75) is 33.4 Å². The largest absolute Gasteiger partial charge is 0.453 e. The minimum Gasteiger partial charge on any atom is -0.453 e. The summed E-state index contributed by atoms with van der Waals surface area (Å²) in [4.78, 5) is 12.1. The molecule has 0 aliphatic rings. The molecule has 2 aromatic heterocycles. The van der Waals surface area contributed by atoms with Crippen LogP contribution in [0.15, 0.2) is 12.3 Å². The molecule has 2 rings (SSSR count). The molecule has 20 heavy (non-hydrogen) atoms. The Morgan fingerprint density at radius 2 is 2.15 bits per heavy atom. The van der Waals surface area contributed by atoms with Gasteiger partial charge in [-0.2, -0.15) is 0 Å². The monoisotopic (exact) mass is 277 g/mol. The van der Waals surface area contributed by atoms with Gasteiger partial charge in [0.15, 0.2) is 12.4 Å². The minimum atomic E-state index is -0.420. The van der Waals surface area contributed by atoms with E-state index in [0.717, 1.165) is 5.82 Å². The van der Waals surface area contributed by atoms with Crippen molar-refractivity contribution in [2.24, 2.45) is 7.05 Å². The summed E-state index contributed by atoms with van der Waals surface area (Å²) in [7, 11) is 1.83. The first-order chi connectivity index (χ1) is 9.40. The Morgan fingerprint density at radius 3 is 2.70 bits per heavy atom. The number of carbonyl (C=O) groups excluding carboxylic acids is 1. The Hall–Kier alpha value is -2.31. The summed E-state index contributed by atoms with van der Waals surface area (Å²) in [5, 5.41) is 7.86. The second-order valence-electron chi connectivity index (χ2n) is 4.96. The van der Waals surface area contributed by atoms with Gasteiger partial charge in [0.2, 0.25) is 0 Å². The molecule has 7 nitrogen and oxygen atoms in total. The molecule has 0 spiro atoms. The van der Waals surface area contributed by atoms with E-state index in [-0.39, 0.29) is 12.6 Å². The Morgan fingerprint density at radius 1 is 1.45 bits per heavy atom. The number of nitrogens with two attached hydrogens (primary N) is 1. The van der Waals surface area contributed by atoms with Gasteiger partial charge in [-0.15, -0.1) is 10.2 Å². The van der Waals surface area contributed by atoms with E-state index in [9.17, 15) is 4.79 Å². The molecule has 7 heteroatoms. The van der Waals surface area contributed by atoms with Gasteiger partial charge < -0.3 is 19.6 Å². The van der Waals surface area contributed by atoms with Gasteiger partial charge >= 0.3 is 5.97 Å². The summed E-state index contributed by atoms with van der Waals surface area (Å²) >= 11 is 0. The molecule has 2 heterocycles. The maximum absolute atomic E-state index is 12.1. The summed E-state index contributed by atoms with van der Waals surface area (Å²) in [6, 6.07) is 1.75. The maximum Gasteiger partial charge on any atom is 0.355 e. The van der Waals surface area contributed by atoms with E-state index in [0.29, 0.717) is 17.2 Å². The van der Waals surface area contributed by atoms with Crippen molar-refractivity contribution >= 4 is 11.7 Å². The van der Waals surface area contributed by atoms with Gasteiger partial charge in [0.25, 0.3) is 0 Å². The number of carbonyl (C=O) groups is 1. The highest BCUT2D eigenvalue weighted by Gasteiger charge is 2.17. The first-order valence-electron chi connectivity index (χ1n) is 6.39. The fourth-order valence-electron chi connectivity index (χ4n) is 1.87. The number of hydrogen-bond acceptors (Lipinski definition) is 5. The molecule has 108 valence electrons. The van der Waals surface area contributed by atoms with Crippen molar-refractivity contribution in [3.8, 4) is 0 Å². The average molecular weight is 277 g/mol. The van der Waals surface area contributed by atoms with Gasteiger partial charge in [-0.05, 0) is 26.8 Å². The summed E-state index contributed by atoms with van der Waals surface area (Å²) in [5.41, 5.74) is 6.72. The Bertz CT molecular complexity index is 627. The number of hydrogen-bond donors (Lipinski definition) is 1. The van der Waals surface area contributed by atoms with E-state index >= 15 is 0 Å². The molecule has 0 aliphatic heterocycles. The standard InChI is InChI=1S/C13H19N5O2/c1-8(2)18-6-10(14)5-11(18)13(19)20-7-12-16-15-9(3)17(12)4/h5-6,8H,7,14H2,1-4H3. The molecule has 0 amide bonds. The van der Waals surface area contributed by atoms with Gasteiger partial charge in [-0.3, -0.25) is 0 Å². The normalized spacial score (nSPS) is 11.1. The predicted molar refractivity (Wildman–Crippen MR) is 74.1 cm³/mol. The topological polar surface area (TPSA) is 88.0 Å². The van der Waals surface area contributed by atoms with Crippen LogP contribution in [0.1, 0.15) is 42.0 Å². The number of nitrogen functional groups attached to an aromatic ring is 1. The molecule has 0 aliphatic carbocycles. The molecule has 0 fully saturated rings. The van der Waals surface area contributed by atoms with E-state index in [2.05, 4.69) is 10.2 Å². The molecule has 0 saturated carbocycles. The van der Waals surface area contributed by atoms with Crippen LogP contribution in [0.4, 0.5) is 5.69 Å². The van der Waals surface area contributed by atoms with Crippen LogP contribution < -0.4 is 5.73 Å². The molecule has 0 aromatic carbocycles. The highest BCUT2D eigenvalue weighted by atomic mass is 16.5. The number of aryl methyl sites for hydroxylation is 1. The SMILES string of the molecule is Cc1nnc(COC(=O)c2cc(N)cn2C(C)C)n1C. The van der Waals surface area contributed by atoms with Gasteiger partial charge in [-0.25, -0.2) is 4.79 Å². The number of esters is 1. The quantitative estimate of drug-likeness (QED) is 0.854. The lowest BCUT2D eigenvalue weighted by molar-refractivity contribution is 0.0444. The second kappa shape index (κ2) is 5.36. The second-order valence-corrected chi connectivity index (χ2v) is 4.96. The first kappa shape index (κ1) is 14.1. The fraction of sp³-hybridized carbons (Fsp3) is 0.462. The third-order valence-electron chi connectivity index (χ3n) is 3.15. The smallest absolute Gasteiger partial charge is 0.355 e. The zero-order valence-corrected chi connectivity index (χ0v) is 12.1. The lowest BCUT2D eigenvalue weighted by Gasteiger charge is -2.11. The van der Waals surface area contributed by atoms with Crippen LogP contribution in [-0.2, 0) is 18.4 Å². The lowest BCUT2D eigenvalue weighted by Crippen LogP contribution is -2.14. The predicted octanol–water partition coefficient (Wildman–Crippen LogP) is 1.45. The van der Waals surface area contributed by atoms with Crippen molar-refractivity contribution < 1.29 is 9.53 Å². The average Bonchev–Trinajstić information content (AvgIpc) is 2.92.